The summed E-state index contributed by atoms with van der Waals surface area (Å²) in [6.07, 6.45) is 0. The van der Waals surface area contributed by atoms with Gasteiger partial charge in [0.05, 0.1) is 10.2 Å². The van der Waals surface area contributed by atoms with Crippen LogP contribution in [0.3, 0.4) is 0 Å². The second kappa shape index (κ2) is 8.01. The first-order valence-corrected chi connectivity index (χ1v) is 9.51. The molecule has 0 aliphatic carbocycles. The summed E-state index contributed by atoms with van der Waals surface area (Å²) in [6.45, 7) is 8.06. The molecule has 0 fully saturated rings. The molecule has 0 spiro atoms. The van der Waals surface area contributed by atoms with Gasteiger partial charge in [-0.3, -0.25) is 0 Å². The zero-order chi connectivity index (χ0) is 16.9. The van der Waals surface area contributed by atoms with Gasteiger partial charge in [-0.1, -0.05) is 44.2 Å². The van der Waals surface area contributed by atoms with Gasteiger partial charge in [0, 0.05) is 17.0 Å². The van der Waals surface area contributed by atoms with Crippen LogP contribution in [0.25, 0.3) is 20.8 Å². The van der Waals surface area contributed by atoms with Crippen molar-refractivity contribution in [1.82, 2.24) is 9.88 Å². The molecule has 3 rings (SSSR count). The number of thiol groups is 1. The summed E-state index contributed by atoms with van der Waals surface area (Å²) in [4.78, 5) is 7.95. The first kappa shape index (κ1) is 17.3. The fourth-order valence-corrected chi connectivity index (χ4v) is 4.01. The first-order chi connectivity index (χ1) is 11.7. The lowest BCUT2D eigenvalue weighted by Crippen LogP contribution is -2.27. The van der Waals surface area contributed by atoms with Gasteiger partial charge in [0.2, 0.25) is 0 Å². The average molecular weight is 359 g/mol. The summed E-state index contributed by atoms with van der Waals surface area (Å²) in [5.41, 5.74) is 2.08. The molecule has 0 saturated heterocycles. The number of hydrogen-bond donors (Lipinski definition) is 1. The van der Waals surface area contributed by atoms with Gasteiger partial charge in [0.15, 0.2) is 0 Å². The molecule has 5 heteroatoms. The van der Waals surface area contributed by atoms with Crippen molar-refractivity contribution in [3.05, 3.63) is 42.5 Å². The van der Waals surface area contributed by atoms with E-state index in [0.29, 0.717) is 6.61 Å². The molecule has 126 valence electrons. The second-order valence-corrected chi connectivity index (χ2v) is 7.06. The van der Waals surface area contributed by atoms with Crippen molar-refractivity contribution in [2.75, 3.05) is 26.2 Å². The molecule has 0 aliphatic heterocycles. The lowest BCUT2D eigenvalue weighted by molar-refractivity contribution is 0.223. The van der Waals surface area contributed by atoms with Crippen molar-refractivity contribution in [2.24, 2.45) is 0 Å². The third kappa shape index (κ3) is 3.91. The van der Waals surface area contributed by atoms with Gasteiger partial charge in [-0.2, -0.15) is 0 Å². The molecule has 2 aromatic carbocycles. The molecule has 0 N–H and O–H groups in total. The molecule has 0 amide bonds. The van der Waals surface area contributed by atoms with E-state index >= 15 is 0 Å². The molecule has 3 nitrogen and oxygen atoms in total. The molecule has 0 bridgehead atoms. The summed E-state index contributed by atoms with van der Waals surface area (Å²) < 4.78 is 7.04. The van der Waals surface area contributed by atoms with E-state index in [1.54, 1.807) is 11.3 Å². The Balaban J connectivity index is 1.79. The van der Waals surface area contributed by atoms with Crippen LogP contribution in [0.1, 0.15) is 13.8 Å². The van der Waals surface area contributed by atoms with Crippen molar-refractivity contribution in [3.63, 3.8) is 0 Å². The van der Waals surface area contributed by atoms with Crippen LogP contribution in [0, 0.1) is 0 Å². The SMILES string of the molecule is CCN(CC)CCOc1cc(S)c2nc(-c3ccccc3)sc2c1. The molecule has 0 unspecified atom stereocenters. The second-order valence-electron chi connectivity index (χ2n) is 5.55. The fourth-order valence-electron chi connectivity index (χ4n) is 2.61. The van der Waals surface area contributed by atoms with E-state index in [1.807, 2.05) is 24.3 Å². The smallest absolute Gasteiger partial charge is 0.124 e. The Morgan fingerprint density at radius 3 is 2.58 bits per heavy atom. The van der Waals surface area contributed by atoms with Crippen LogP contribution in [0.15, 0.2) is 47.4 Å². The van der Waals surface area contributed by atoms with Crippen molar-refractivity contribution < 1.29 is 4.74 Å². The molecular weight excluding hydrogens is 336 g/mol. The number of benzene rings is 2. The van der Waals surface area contributed by atoms with E-state index in [4.69, 9.17) is 9.72 Å². The topological polar surface area (TPSA) is 25.4 Å². The number of fused-ring (bicyclic) bond motifs is 1. The molecule has 0 saturated carbocycles. The minimum absolute atomic E-state index is 0.685. The van der Waals surface area contributed by atoms with Crippen molar-refractivity contribution in [1.29, 1.82) is 0 Å². The highest BCUT2D eigenvalue weighted by Gasteiger charge is 2.11. The summed E-state index contributed by atoms with van der Waals surface area (Å²) in [6, 6.07) is 14.3. The van der Waals surface area contributed by atoms with Gasteiger partial charge in [-0.25, -0.2) is 4.98 Å². The van der Waals surface area contributed by atoms with E-state index in [2.05, 4.69) is 49.6 Å². The van der Waals surface area contributed by atoms with E-state index in [1.165, 1.54) is 0 Å². The Morgan fingerprint density at radius 1 is 1.12 bits per heavy atom. The average Bonchev–Trinajstić information content (AvgIpc) is 3.04. The van der Waals surface area contributed by atoms with Gasteiger partial charge in [-0.15, -0.1) is 24.0 Å². The highest BCUT2D eigenvalue weighted by atomic mass is 32.1. The summed E-state index contributed by atoms with van der Waals surface area (Å²) >= 11 is 6.28. The largest absolute Gasteiger partial charge is 0.492 e. The maximum absolute atomic E-state index is 5.93. The minimum atomic E-state index is 0.685. The normalized spacial score (nSPS) is 11.3. The molecule has 3 aromatic rings. The molecule has 0 aliphatic rings. The number of aromatic nitrogens is 1. The lowest BCUT2D eigenvalue weighted by atomic mass is 10.2. The third-order valence-corrected chi connectivity index (χ3v) is 5.43. The van der Waals surface area contributed by atoms with Crippen LogP contribution >= 0.6 is 24.0 Å². The zero-order valence-corrected chi connectivity index (χ0v) is 15.7. The quantitative estimate of drug-likeness (QED) is 0.604. The van der Waals surface area contributed by atoms with E-state index in [9.17, 15) is 0 Å². The highest BCUT2D eigenvalue weighted by Crippen LogP contribution is 2.35. The Bertz CT molecular complexity index is 798. The maximum Gasteiger partial charge on any atom is 0.124 e. The van der Waals surface area contributed by atoms with Crippen LogP contribution < -0.4 is 4.74 Å². The van der Waals surface area contributed by atoms with E-state index in [0.717, 1.165) is 51.1 Å². The Morgan fingerprint density at radius 2 is 1.88 bits per heavy atom. The Kier molecular flexibility index (Phi) is 5.76. The molecule has 1 aromatic heterocycles. The Hall–Kier alpha value is -1.56. The lowest BCUT2D eigenvalue weighted by Gasteiger charge is -2.18. The standard InChI is InChI=1S/C19H22N2OS2/c1-3-21(4-2)10-11-22-15-12-16(23)18-17(13-15)24-19(20-18)14-8-6-5-7-9-14/h5-9,12-13,23H,3-4,10-11H2,1-2H3. The van der Waals surface area contributed by atoms with Crippen molar-refractivity contribution >= 4 is 34.2 Å². The van der Waals surface area contributed by atoms with Crippen molar-refractivity contribution in [3.8, 4) is 16.3 Å². The highest BCUT2D eigenvalue weighted by molar-refractivity contribution is 7.80. The van der Waals surface area contributed by atoms with Gasteiger partial charge in [0.1, 0.15) is 17.4 Å². The molecule has 0 atom stereocenters. The third-order valence-electron chi connectivity index (χ3n) is 4.04. The molecule has 1 heterocycles. The van der Waals surface area contributed by atoms with Crippen LogP contribution in [0.2, 0.25) is 0 Å². The monoisotopic (exact) mass is 358 g/mol. The number of thiazole rings is 1. The van der Waals surface area contributed by atoms with Crippen LogP contribution in [-0.4, -0.2) is 36.1 Å². The predicted molar refractivity (Wildman–Crippen MR) is 106 cm³/mol. The predicted octanol–water partition coefficient (Wildman–Crippen LogP) is 4.97. The van der Waals surface area contributed by atoms with Crippen LogP contribution in [0.4, 0.5) is 0 Å². The number of hydrogen-bond acceptors (Lipinski definition) is 5. The summed E-state index contributed by atoms with van der Waals surface area (Å²) in [5.74, 6) is 0.864. The van der Waals surface area contributed by atoms with Gasteiger partial charge in [-0.05, 0) is 25.2 Å². The van der Waals surface area contributed by atoms with Gasteiger partial charge >= 0.3 is 0 Å². The minimum Gasteiger partial charge on any atom is -0.492 e. The number of nitrogens with zero attached hydrogens (tertiary/aromatic N) is 2. The van der Waals surface area contributed by atoms with Crippen LogP contribution in [-0.2, 0) is 0 Å². The van der Waals surface area contributed by atoms with E-state index in [-0.39, 0.29) is 0 Å². The number of rotatable bonds is 7. The van der Waals surface area contributed by atoms with Gasteiger partial charge < -0.3 is 9.64 Å². The first-order valence-electron chi connectivity index (χ1n) is 8.25. The zero-order valence-electron chi connectivity index (χ0n) is 14.0. The number of likely N-dealkylation sites (N-methyl/N-ethyl adjacent to an activating group) is 1. The van der Waals surface area contributed by atoms with Gasteiger partial charge in [0.25, 0.3) is 0 Å². The molecule has 24 heavy (non-hydrogen) atoms. The molecular formula is C19H22N2OS2. The Labute approximate surface area is 152 Å². The fraction of sp³-hybridized carbons (Fsp3) is 0.316. The summed E-state index contributed by atoms with van der Waals surface area (Å²) in [7, 11) is 0. The molecule has 0 radical (unpaired) electrons. The van der Waals surface area contributed by atoms with E-state index < -0.39 is 0 Å². The van der Waals surface area contributed by atoms with Crippen LogP contribution in [0.5, 0.6) is 5.75 Å². The summed E-state index contributed by atoms with van der Waals surface area (Å²) in [5, 5.41) is 1.01. The number of ether oxygens (including phenoxy) is 1. The van der Waals surface area contributed by atoms with Crippen molar-refractivity contribution in [2.45, 2.75) is 18.7 Å². The maximum atomic E-state index is 5.93.